The molecule has 0 spiro atoms. The lowest BCUT2D eigenvalue weighted by Crippen LogP contribution is -2.12. The largest absolute Gasteiger partial charge is 0.405 e. The number of nitrogens with zero attached hydrogens (tertiary/aromatic N) is 2. The fourth-order valence-corrected chi connectivity index (χ4v) is 3.15. The summed E-state index contributed by atoms with van der Waals surface area (Å²) in [6.07, 6.45) is 1.69. The molecule has 23 heavy (non-hydrogen) atoms. The van der Waals surface area contributed by atoms with E-state index in [1.54, 1.807) is 23.9 Å². The summed E-state index contributed by atoms with van der Waals surface area (Å²) in [5.74, 6) is 0.148. The predicted molar refractivity (Wildman–Crippen MR) is 87.6 cm³/mol. The molecule has 2 heterocycles. The van der Waals surface area contributed by atoms with Crippen LogP contribution in [0.5, 0.6) is 0 Å². The van der Waals surface area contributed by atoms with Crippen LogP contribution in [0.1, 0.15) is 49.0 Å². The molecule has 0 radical (unpaired) electrons. The summed E-state index contributed by atoms with van der Waals surface area (Å²) < 4.78 is 10.9. The molecule has 0 bridgehead atoms. The highest BCUT2D eigenvalue weighted by Gasteiger charge is 2.24. The molecule has 1 N–H and O–H groups in total. The lowest BCUT2D eigenvalue weighted by atomic mass is 10.2. The van der Waals surface area contributed by atoms with Crippen LogP contribution in [-0.2, 0) is 4.74 Å². The molecule has 0 aliphatic carbocycles. The van der Waals surface area contributed by atoms with Crippen LogP contribution in [0, 0.1) is 0 Å². The summed E-state index contributed by atoms with van der Waals surface area (Å²) in [4.78, 5) is 13.3. The second kappa shape index (κ2) is 7.14. The van der Waals surface area contributed by atoms with Crippen LogP contribution >= 0.6 is 11.8 Å². The first kappa shape index (κ1) is 16.0. The van der Waals surface area contributed by atoms with Gasteiger partial charge in [0.15, 0.2) is 0 Å². The third-order valence-corrected chi connectivity index (χ3v) is 4.37. The average molecular weight is 333 g/mol. The maximum Gasteiger partial charge on any atom is 0.322 e. The van der Waals surface area contributed by atoms with E-state index in [1.807, 2.05) is 12.1 Å². The molecule has 122 valence electrons. The van der Waals surface area contributed by atoms with Crippen molar-refractivity contribution in [2.75, 3.05) is 11.9 Å². The van der Waals surface area contributed by atoms with Gasteiger partial charge in [-0.05, 0) is 37.1 Å². The Morgan fingerprint density at radius 3 is 2.74 bits per heavy atom. The Morgan fingerprint density at radius 2 is 2.09 bits per heavy atom. The molecule has 1 fully saturated rings. The minimum absolute atomic E-state index is 0.0983. The maximum atomic E-state index is 12.2. The van der Waals surface area contributed by atoms with Crippen LogP contribution in [0.2, 0.25) is 0 Å². The minimum Gasteiger partial charge on any atom is -0.405 e. The normalized spacial score (nSPS) is 17.6. The number of benzene rings is 1. The van der Waals surface area contributed by atoms with Gasteiger partial charge in [0.1, 0.15) is 6.10 Å². The second-order valence-electron chi connectivity index (χ2n) is 5.59. The fourth-order valence-electron chi connectivity index (χ4n) is 2.31. The van der Waals surface area contributed by atoms with Gasteiger partial charge in [0.05, 0.1) is 0 Å². The summed E-state index contributed by atoms with van der Waals surface area (Å²) in [5.41, 5.74) is 0.551. The van der Waals surface area contributed by atoms with Crippen LogP contribution in [0.15, 0.2) is 33.6 Å². The molecule has 1 atom stereocenters. The van der Waals surface area contributed by atoms with Crippen LogP contribution in [0.3, 0.4) is 0 Å². The highest BCUT2D eigenvalue weighted by molar-refractivity contribution is 7.99. The molecule has 1 aromatic carbocycles. The van der Waals surface area contributed by atoms with Gasteiger partial charge in [-0.3, -0.25) is 10.1 Å². The van der Waals surface area contributed by atoms with Crippen LogP contribution in [0.4, 0.5) is 6.01 Å². The Labute approximate surface area is 139 Å². The van der Waals surface area contributed by atoms with Crippen molar-refractivity contribution in [1.82, 2.24) is 10.2 Å². The number of carbonyl (C=O) groups is 1. The predicted octanol–water partition coefficient (Wildman–Crippen LogP) is 3.67. The highest BCUT2D eigenvalue weighted by Crippen LogP contribution is 2.28. The van der Waals surface area contributed by atoms with Crippen LogP contribution < -0.4 is 5.32 Å². The van der Waals surface area contributed by atoms with Crippen molar-refractivity contribution in [3.8, 4) is 0 Å². The molecule has 2 aromatic rings. The first-order valence-corrected chi connectivity index (χ1v) is 8.53. The summed E-state index contributed by atoms with van der Waals surface area (Å²) in [6.45, 7) is 4.97. The maximum absolute atomic E-state index is 12.2. The van der Waals surface area contributed by atoms with E-state index >= 15 is 0 Å². The summed E-state index contributed by atoms with van der Waals surface area (Å²) in [6, 6.07) is 7.55. The zero-order valence-corrected chi connectivity index (χ0v) is 13.9. The van der Waals surface area contributed by atoms with Crippen LogP contribution in [-0.4, -0.2) is 28.0 Å². The van der Waals surface area contributed by atoms with Crippen molar-refractivity contribution in [1.29, 1.82) is 0 Å². The lowest BCUT2D eigenvalue weighted by molar-refractivity contribution is 0.0893. The summed E-state index contributed by atoms with van der Waals surface area (Å²) >= 11 is 1.75. The van der Waals surface area contributed by atoms with Crippen molar-refractivity contribution in [3.63, 3.8) is 0 Å². The summed E-state index contributed by atoms with van der Waals surface area (Å²) in [5, 5.41) is 10.9. The van der Waals surface area contributed by atoms with Crippen molar-refractivity contribution in [2.45, 2.75) is 42.9 Å². The minimum atomic E-state index is -0.270. The van der Waals surface area contributed by atoms with Gasteiger partial charge >= 0.3 is 6.01 Å². The number of hydrogen-bond donors (Lipinski definition) is 1. The van der Waals surface area contributed by atoms with E-state index in [1.165, 1.54) is 0 Å². The van der Waals surface area contributed by atoms with E-state index in [9.17, 15) is 4.79 Å². The third kappa shape index (κ3) is 4.11. The lowest BCUT2D eigenvalue weighted by Gasteiger charge is -2.06. The molecular formula is C16H19N3O3S. The van der Waals surface area contributed by atoms with Gasteiger partial charge in [0, 0.05) is 22.3 Å². The van der Waals surface area contributed by atoms with E-state index in [0.717, 1.165) is 17.7 Å². The number of rotatable bonds is 5. The second-order valence-corrected chi connectivity index (χ2v) is 7.24. The third-order valence-electron chi connectivity index (χ3n) is 3.35. The number of hydrogen-bond acceptors (Lipinski definition) is 6. The number of carbonyl (C=O) groups excluding carboxylic acids is 1. The van der Waals surface area contributed by atoms with Crippen LogP contribution in [0.25, 0.3) is 0 Å². The van der Waals surface area contributed by atoms with Crippen molar-refractivity contribution < 1.29 is 13.9 Å². The highest BCUT2D eigenvalue weighted by atomic mass is 32.2. The first-order chi connectivity index (χ1) is 11.1. The zero-order chi connectivity index (χ0) is 16.2. The molecule has 1 aliphatic rings. The van der Waals surface area contributed by atoms with Gasteiger partial charge in [-0.1, -0.05) is 18.9 Å². The molecular weight excluding hydrogens is 314 g/mol. The topological polar surface area (TPSA) is 77.2 Å². The van der Waals surface area contributed by atoms with Crippen molar-refractivity contribution >= 4 is 23.7 Å². The van der Waals surface area contributed by atoms with Gasteiger partial charge in [-0.2, -0.15) is 0 Å². The number of thioether (sulfide) groups is 1. The van der Waals surface area contributed by atoms with Gasteiger partial charge in [0.2, 0.25) is 5.89 Å². The Hall–Kier alpha value is -1.86. The van der Waals surface area contributed by atoms with Gasteiger partial charge in [-0.25, -0.2) is 0 Å². The van der Waals surface area contributed by atoms with E-state index in [2.05, 4.69) is 29.4 Å². The van der Waals surface area contributed by atoms with Gasteiger partial charge in [-0.15, -0.1) is 16.9 Å². The molecule has 1 aliphatic heterocycles. The van der Waals surface area contributed by atoms with E-state index in [4.69, 9.17) is 9.15 Å². The number of aromatic nitrogens is 2. The van der Waals surface area contributed by atoms with Crippen molar-refractivity contribution in [3.05, 3.63) is 35.7 Å². The molecule has 3 rings (SSSR count). The number of anilines is 1. The van der Waals surface area contributed by atoms with Gasteiger partial charge in [0.25, 0.3) is 5.91 Å². The Balaban J connectivity index is 1.62. The summed E-state index contributed by atoms with van der Waals surface area (Å²) in [7, 11) is 0. The quantitative estimate of drug-likeness (QED) is 0.841. The molecule has 1 unspecified atom stereocenters. The number of amides is 1. The van der Waals surface area contributed by atoms with E-state index in [0.29, 0.717) is 23.3 Å². The molecule has 1 saturated heterocycles. The molecule has 7 heteroatoms. The smallest absolute Gasteiger partial charge is 0.322 e. The molecule has 6 nitrogen and oxygen atoms in total. The molecule has 1 amide bonds. The number of nitrogens with one attached hydrogen (secondary N) is 1. The zero-order valence-electron chi connectivity index (χ0n) is 13.1. The SMILES string of the molecule is CC(C)Sc1ccc(C(=O)Nc2nnc(C3CCCO3)o2)cc1. The standard InChI is InChI=1S/C16H19N3O3S/c1-10(2)23-12-7-5-11(6-8-12)14(20)17-16-19-18-15(22-16)13-4-3-9-21-13/h5-8,10,13H,3-4,9H2,1-2H3,(H,17,19,20). The first-order valence-electron chi connectivity index (χ1n) is 7.65. The van der Waals surface area contributed by atoms with Crippen molar-refractivity contribution in [2.24, 2.45) is 0 Å². The Bertz CT molecular complexity index is 663. The monoisotopic (exact) mass is 333 g/mol. The van der Waals surface area contributed by atoms with E-state index in [-0.39, 0.29) is 18.0 Å². The Kier molecular flexibility index (Phi) is 4.97. The Morgan fingerprint density at radius 1 is 1.30 bits per heavy atom. The van der Waals surface area contributed by atoms with Gasteiger partial charge < -0.3 is 9.15 Å². The molecule has 1 aromatic heterocycles. The molecule has 0 saturated carbocycles. The fraction of sp³-hybridized carbons (Fsp3) is 0.438. The average Bonchev–Trinajstić information content (AvgIpc) is 3.18. The van der Waals surface area contributed by atoms with E-state index < -0.39 is 0 Å². The number of ether oxygens (including phenoxy) is 1.